The standard InChI is InChI=1S/C20H27ClN2O4S/c1-5-6-11-26-13-7-8-15-14(12-13)16(21)17(28-15)18(24)22-9-10-23-19(25)27-20(2,3)4/h7-8,12H,5-6,9-11H2,1-4H3,(H,22,24)(H,23,25). The zero-order valence-corrected chi connectivity index (χ0v) is 18.3. The van der Waals surface area contributed by atoms with Crippen LogP contribution in [0.1, 0.15) is 50.2 Å². The molecule has 1 aromatic heterocycles. The van der Waals surface area contributed by atoms with Crippen LogP contribution in [-0.4, -0.2) is 37.3 Å². The van der Waals surface area contributed by atoms with Crippen LogP contribution in [0.5, 0.6) is 5.75 Å². The minimum Gasteiger partial charge on any atom is -0.494 e. The quantitative estimate of drug-likeness (QED) is 0.583. The lowest BCUT2D eigenvalue weighted by atomic mass is 10.2. The summed E-state index contributed by atoms with van der Waals surface area (Å²) in [5.41, 5.74) is -0.558. The Kier molecular flexibility index (Phi) is 7.95. The van der Waals surface area contributed by atoms with Crippen LogP contribution in [0, 0.1) is 0 Å². The number of carbonyl (C=O) groups excluding carboxylic acids is 2. The molecule has 154 valence electrons. The molecule has 0 bridgehead atoms. The fraction of sp³-hybridized carbons (Fsp3) is 0.500. The number of halogens is 1. The van der Waals surface area contributed by atoms with Gasteiger partial charge in [-0.1, -0.05) is 24.9 Å². The minimum absolute atomic E-state index is 0.262. The van der Waals surface area contributed by atoms with E-state index < -0.39 is 11.7 Å². The van der Waals surface area contributed by atoms with Gasteiger partial charge >= 0.3 is 6.09 Å². The zero-order valence-electron chi connectivity index (χ0n) is 16.7. The van der Waals surface area contributed by atoms with Crippen molar-refractivity contribution in [1.29, 1.82) is 0 Å². The molecule has 28 heavy (non-hydrogen) atoms. The second-order valence-corrected chi connectivity index (χ2v) is 8.72. The van der Waals surface area contributed by atoms with Gasteiger partial charge in [0.05, 0.1) is 11.6 Å². The van der Waals surface area contributed by atoms with E-state index in [1.54, 1.807) is 20.8 Å². The molecule has 0 saturated heterocycles. The molecule has 0 saturated carbocycles. The molecule has 8 heteroatoms. The second kappa shape index (κ2) is 9.98. The van der Waals surface area contributed by atoms with Gasteiger partial charge in [0.2, 0.25) is 0 Å². The molecule has 2 N–H and O–H groups in total. The normalized spacial score (nSPS) is 11.3. The number of thiophene rings is 1. The van der Waals surface area contributed by atoms with Gasteiger partial charge in [0, 0.05) is 23.2 Å². The highest BCUT2D eigenvalue weighted by Crippen LogP contribution is 2.37. The summed E-state index contributed by atoms with van der Waals surface area (Å²) in [5, 5.41) is 6.58. The number of amides is 2. The van der Waals surface area contributed by atoms with Gasteiger partial charge in [0.1, 0.15) is 16.2 Å². The lowest BCUT2D eigenvalue weighted by molar-refractivity contribution is 0.0526. The highest BCUT2D eigenvalue weighted by molar-refractivity contribution is 7.21. The van der Waals surface area contributed by atoms with Crippen LogP contribution in [0.15, 0.2) is 18.2 Å². The fourth-order valence-corrected chi connectivity index (χ4v) is 3.76. The number of unbranched alkanes of at least 4 members (excludes halogenated alkanes) is 1. The summed E-state index contributed by atoms with van der Waals surface area (Å²) in [6.07, 6.45) is 1.53. The second-order valence-electron chi connectivity index (χ2n) is 7.29. The Morgan fingerprint density at radius 3 is 2.57 bits per heavy atom. The molecule has 0 aliphatic carbocycles. The third-order valence-corrected chi connectivity index (χ3v) is 5.32. The first-order valence-electron chi connectivity index (χ1n) is 9.31. The lowest BCUT2D eigenvalue weighted by Gasteiger charge is -2.19. The Morgan fingerprint density at radius 2 is 1.89 bits per heavy atom. The number of rotatable bonds is 8. The van der Waals surface area contributed by atoms with E-state index >= 15 is 0 Å². The first-order chi connectivity index (χ1) is 13.2. The van der Waals surface area contributed by atoms with Crippen molar-refractivity contribution in [2.75, 3.05) is 19.7 Å². The predicted molar refractivity (Wildman–Crippen MR) is 114 cm³/mol. The van der Waals surface area contributed by atoms with E-state index in [0.29, 0.717) is 16.5 Å². The number of ether oxygens (including phenoxy) is 2. The average Bonchev–Trinajstić information content (AvgIpc) is 2.94. The Morgan fingerprint density at radius 1 is 1.18 bits per heavy atom. The maximum atomic E-state index is 12.4. The summed E-state index contributed by atoms with van der Waals surface area (Å²) in [7, 11) is 0. The number of fused-ring (bicyclic) bond motifs is 1. The molecule has 2 amide bonds. The Hall–Kier alpha value is -1.99. The van der Waals surface area contributed by atoms with Crippen molar-refractivity contribution in [3.63, 3.8) is 0 Å². The van der Waals surface area contributed by atoms with E-state index in [-0.39, 0.29) is 19.0 Å². The Labute approximate surface area is 174 Å². The van der Waals surface area contributed by atoms with Crippen LogP contribution in [0.2, 0.25) is 5.02 Å². The van der Waals surface area contributed by atoms with Crippen LogP contribution in [0.3, 0.4) is 0 Å². The average molecular weight is 427 g/mol. The molecular weight excluding hydrogens is 400 g/mol. The molecular formula is C20H27ClN2O4S. The summed E-state index contributed by atoms with van der Waals surface area (Å²) in [6.45, 7) is 8.67. The summed E-state index contributed by atoms with van der Waals surface area (Å²) in [6, 6.07) is 5.66. The monoisotopic (exact) mass is 426 g/mol. The molecule has 0 aliphatic heterocycles. The van der Waals surface area contributed by atoms with E-state index in [2.05, 4.69) is 17.6 Å². The summed E-state index contributed by atoms with van der Waals surface area (Å²) < 4.78 is 11.8. The number of hydrogen-bond donors (Lipinski definition) is 2. The minimum atomic E-state index is -0.558. The van der Waals surface area contributed by atoms with Gasteiger partial charge in [-0.25, -0.2) is 4.79 Å². The fourth-order valence-electron chi connectivity index (χ4n) is 2.35. The van der Waals surface area contributed by atoms with Crippen molar-refractivity contribution in [2.24, 2.45) is 0 Å². The van der Waals surface area contributed by atoms with Gasteiger partial charge in [0.15, 0.2) is 0 Å². The van der Waals surface area contributed by atoms with Crippen LogP contribution >= 0.6 is 22.9 Å². The third kappa shape index (κ3) is 6.56. The van der Waals surface area contributed by atoms with E-state index in [0.717, 1.165) is 28.7 Å². The van der Waals surface area contributed by atoms with Crippen LogP contribution < -0.4 is 15.4 Å². The third-order valence-electron chi connectivity index (χ3n) is 3.65. The van der Waals surface area contributed by atoms with Crippen LogP contribution in [-0.2, 0) is 4.74 Å². The summed E-state index contributed by atoms with van der Waals surface area (Å²) >= 11 is 7.76. The van der Waals surface area contributed by atoms with Crippen molar-refractivity contribution in [3.05, 3.63) is 28.1 Å². The zero-order chi connectivity index (χ0) is 20.7. The highest BCUT2D eigenvalue weighted by Gasteiger charge is 2.18. The molecule has 2 aromatic rings. The molecule has 0 unspecified atom stereocenters. The van der Waals surface area contributed by atoms with Crippen molar-refractivity contribution in [2.45, 2.75) is 46.1 Å². The van der Waals surface area contributed by atoms with E-state index in [9.17, 15) is 9.59 Å². The van der Waals surface area contributed by atoms with Gasteiger partial charge in [0.25, 0.3) is 5.91 Å². The number of alkyl carbamates (subject to hydrolysis) is 1. The molecule has 6 nitrogen and oxygen atoms in total. The van der Waals surface area contributed by atoms with Crippen LogP contribution in [0.25, 0.3) is 10.1 Å². The van der Waals surface area contributed by atoms with Crippen molar-refractivity contribution < 1.29 is 19.1 Å². The maximum Gasteiger partial charge on any atom is 0.407 e. The topological polar surface area (TPSA) is 76.7 Å². The number of hydrogen-bond acceptors (Lipinski definition) is 5. The molecule has 1 aromatic carbocycles. The molecule has 0 aliphatic rings. The number of benzene rings is 1. The van der Waals surface area contributed by atoms with Crippen molar-refractivity contribution >= 4 is 45.0 Å². The molecule has 0 fully saturated rings. The smallest absolute Gasteiger partial charge is 0.407 e. The van der Waals surface area contributed by atoms with Gasteiger partial charge in [-0.3, -0.25) is 4.79 Å². The first kappa shape index (κ1) is 22.3. The summed E-state index contributed by atoms with van der Waals surface area (Å²) in [5.74, 6) is 0.472. The SMILES string of the molecule is CCCCOc1ccc2sc(C(=O)NCCNC(=O)OC(C)(C)C)c(Cl)c2c1. The predicted octanol–water partition coefficient (Wildman–Crippen LogP) is 4.99. The Balaban J connectivity index is 1.92. The molecule has 0 atom stereocenters. The highest BCUT2D eigenvalue weighted by atomic mass is 35.5. The van der Waals surface area contributed by atoms with Crippen molar-refractivity contribution in [3.8, 4) is 5.75 Å². The lowest BCUT2D eigenvalue weighted by Crippen LogP contribution is -2.37. The van der Waals surface area contributed by atoms with Gasteiger partial charge in [-0.2, -0.15) is 0 Å². The first-order valence-corrected chi connectivity index (χ1v) is 10.5. The molecule has 0 spiro atoms. The molecule has 1 heterocycles. The Bertz CT molecular complexity index is 829. The largest absolute Gasteiger partial charge is 0.494 e. The van der Waals surface area contributed by atoms with E-state index in [4.69, 9.17) is 21.1 Å². The van der Waals surface area contributed by atoms with Gasteiger partial charge in [-0.05, 0) is 45.4 Å². The number of nitrogens with one attached hydrogen (secondary N) is 2. The molecule has 2 rings (SSSR count). The van der Waals surface area contributed by atoms with Gasteiger partial charge < -0.3 is 20.1 Å². The number of carbonyl (C=O) groups is 2. The summed E-state index contributed by atoms with van der Waals surface area (Å²) in [4.78, 5) is 24.5. The van der Waals surface area contributed by atoms with E-state index in [1.165, 1.54) is 11.3 Å². The van der Waals surface area contributed by atoms with Gasteiger partial charge in [-0.15, -0.1) is 11.3 Å². The van der Waals surface area contributed by atoms with E-state index in [1.807, 2.05) is 18.2 Å². The van der Waals surface area contributed by atoms with Crippen molar-refractivity contribution in [1.82, 2.24) is 10.6 Å². The van der Waals surface area contributed by atoms with Crippen LogP contribution in [0.4, 0.5) is 4.79 Å². The molecule has 0 radical (unpaired) electrons. The maximum absolute atomic E-state index is 12.4.